The van der Waals surface area contributed by atoms with E-state index in [1.807, 2.05) is 18.2 Å². The summed E-state index contributed by atoms with van der Waals surface area (Å²) in [5, 5.41) is 3.51. The quantitative estimate of drug-likeness (QED) is 0.852. The van der Waals surface area contributed by atoms with E-state index >= 15 is 0 Å². The van der Waals surface area contributed by atoms with Crippen LogP contribution in [0.25, 0.3) is 0 Å². The molecule has 0 fully saturated rings. The molecule has 0 saturated heterocycles. The summed E-state index contributed by atoms with van der Waals surface area (Å²) in [5.74, 6) is 0.927. The van der Waals surface area contributed by atoms with Crippen LogP contribution < -0.4 is 10.1 Å². The molecule has 0 aliphatic carbocycles. The van der Waals surface area contributed by atoms with Gasteiger partial charge >= 0.3 is 0 Å². The van der Waals surface area contributed by atoms with Gasteiger partial charge in [-0.1, -0.05) is 49.4 Å². The summed E-state index contributed by atoms with van der Waals surface area (Å²) < 4.78 is 6.10. The van der Waals surface area contributed by atoms with Gasteiger partial charge in [0.15, 0.2) is 0 Å². The summed E-state index contributed by atoms with van der Waals surface area (Å²) >= 11 is 0. The van der Waals surface area contributed by atoms with Crippen molar-refractivity contribution >= 4 is 0 Å². The highest BCUT2D eigenvalue weighted by atomic mass is 16.5. The predicted molar refractivity (Wildman–Crippen MR) is 84.1 cm³/mol. The number of likely N-dealkylation sites (N-methyl/N-ethyl adjacent to an activating group) is 1. The van der Waals surface area contributed by atoms with Crippen LogP contribution in [-0.2, 0) is 0 Å². The van der Waals surface area contributed by atoms with Crippen molar-refractivity contribution < 1.29 is 4.74 Å². The maximum Gasteiger partial charge on any atom is 0.120 e. The second kappa shape index (κ2) is 7.11. The molecule has 2 rings (SSSR count). The SMILES string of the molecule is CCNC(c1ccccc1)C(C)Oc1cccc(C)c1. The standard InChI is InChI=1S/C18H23NO/c1-4-19-18(16-10-6-5-7-11-16)15(3)20-17-12-8-9-14(2)13-17/h5-13,15,18-19H,4H2,1-3H3. The van der Waals surface area contributed by atoms with Gasteiger partial charge in [0.2, 0.25) is 0 Å². The number of hydrogen-bond acceptors (Lipinski definition) is 2. The number of hydrogen-bond donors (Lipinski definition) is 1. The Morgan fingerprint density at radius 3 is 2.45 bits per heavy atom. The second-order valence-electron chi connectivity index (χ2n) is 5.09. The van der Waals surface area contributed by atoms with Gasteiger partial charge in [0.05, 0.1) is 6.04 Å². The van der Waals surface area contributed by atoms with E-state index in [0.717, 1.165) is 12.3 Å². The van der Waals surface area contributed by atoms with Gasteiger partial charge in [-0.3, -0.25) is 0 Å². The van der Waals surface area contributed by atoms with Crippen LogP contribution in [0.15, 0.2) is 54.6 Å². The Hall–Kier alpha value is -1.80. The molecule has 0 spiro atoms. The third kappa shape index (κ3) is 3.84. The van der Waals surface area contributed by atoms with Crippen molar-refractivity contribution in [1.82, 2.24) is 5.32 Å². The minimum atomic E-state index is 0.0687. The lowest BCUT2D eigenvalue weighted by Crippen LogP contribution is -2.33. The van der Waals surface area contributed by atoms with E-state index in [9.17, 15) is 0 Å². The van der Waals surface area contributed by atoms with E-state index < -0.39 is 0 Å². The van der Waals surface area contributed by atoms with Gasteiger partial charge in [-0.25, -0.2) is 0 Å². The van der Waals surface area contributed by atoms with E-state index in [0.29, 0.717) is 0 Å². The highest BCUT2D eigenvalue weighted by Crippen LogP contribution is 2.22. The molecule has 2 unspecified atom stereocenters. The predicted octanol–water partition coefficient (Wildman–Crippen LogP) is 4.11. The molecule has 1 N–H and O–H groups in total. The van der Waals surface area contributed by atoms with Crippen LogP contribution in [0.4, 0.5) is 0 Å². The molecule has 20 heavy (non-hydrogen) atoms. The Morgan fingerprint density at radius 1 is 1.05 bits per heavy atom. The van der Waals surface area contributed by atoms with Crippen LogP contribution in [0.2, 0.25) is 0 Å². The van der Waals surface area contributed by atoms with Gasteiger partial charge < -0.3 is 10.1 Å². The zero-order valence-electron chi connectivity index (χ0n) is 12.5. The Balaban J connectivity index is 2.13. The monoisotopic (exact) mass is 269 g/mol. The highest BCUT2D eigenvalue weighted by molar-refractivity contribution is 5.28. The van der Waals surface area contributed by atoms with Gasteiger partial charge in [0.1, 0.15) is 11.9 Å². The molecule has 2 aromatic rings. The van der Waals surface area contributed by atoms with Crippen molar-refractivity contribution in [3.8, 4) is 5.75 Å². The smallest absolute Gasteiger partial charge is 0.120 e. The van der Waals surface area contributed by atoms with Gasteiger partial charge in [-0.05, 0) is 43.7 Å². The first-order valence-corrected chi connectivity index (χ1v) is 7.22. The Bertz CT molecular complexity index is 524. The molecular weight excluding hydrogens is 246 g/mol. The topological polar surface area (TPSA) is 21.3 Å². The summed E-state index contributed by atoms with van der Waals surface area (Å²) in [6.45, 7) is 7.23. The normalized spacial score (nSPS) is 13.8. The number of aryl methyl sites for hydroxylation is 1. The first-order valence-electron chi connectivity index (χ1n) is 7.22. The zero-order chi connectivity index (χ0) is 14.4. The molecule has 0 amide bonds. The fourth-order valence-electron chi connectivity index (χ4n) is 2.41. The minimum Gasteiger partial charge on any atom is -0.489 e. The molecule has 2 heteroatoms. The lowest BCUT2D eigenvalue weighted by Gasteiger charge is -2.26. The van der Waals surface area contributed by atoms with Crippen LogP contribution in [-0.4, -0.2) is 12.6 Å². The van der Waals surface area contributed by atoms with Crippen LogP contribution in [0.3, 0.4) is 0 Å². The summed E-state index contributed by atoms with van der Waals surface area (Å²) in [5.41, 5.74) is 2.48. The van der Waals surface area contributed by atoms with E-state index in [1.54, 1.807) is 0 Å². The van der Waals surface area contributed by atoms with E-state index in [4.69, 9.17) is 4.74 Å². The Kier molecular flexibility index (Phi) is 5.19. The first-order chi connectivity index (χ1) is 9.70. The summed E-state index contributed by atoms with van der Waals surface area (Å²) in [6, 6.07) is 18.9. The van der Waals surface area contributed by atoms with E-state index in [1.165, 1.54) is 11.1 Å². The van der Waals surface area contributed by atoms with Crippen molar-refractivity contribution in [2.75, 3.05) is 6.54 Å². The van der Waals surface area contributed by atoms with Crippen LogP contribution in [0.1, 0.15) is 31.0 Å². The van der Waals surface area contributed by atoms with Crippen LogP contribution >= 0.6 is 0 Å². The molecule has 0 aliphatic heterocycles. The van der Waals surface area contributed by atoms with Crippen LogP contribution in [0, 0.1) is 6.92 Å². The average molecular weight is 269 g/mol. The van der Waals surface area contributed by atoms with E-state index in [-0.39, 0.29) is 12.1 Å². The molecule has 2 aromatic carbocycles. The lowest BCUT2D eigenvalue weighted by molar-refractivity contribution is 0.171. The number of benzene rings is 2. The summed E-state index contributed by atoms with van der Waals surface area (Å²) in [4.78, 5) is 0. The van der Waals surface area contributed by atoms with Crippen molar-refractivity contribution in [1.29, 1.82) is 0 Å². The van der Waals surface area contributed by atoms with Gasteiger partial charge in [0, 0.05) is 0 Å². The molecule has 2 nitrogen and oxygen atoms in total. The molecule has 0 aromatic heterocycles. The largest absolute Gasteiger partial charge is 0.489 e. The molecule has 0 bridgehead atoms. The van der Waals surface area contributed by atoms with Gasteiger partial charge in [-0.15, -0.1) is 0 Å². The fourth-order valence-corrected chi connectivity index (χ4v) is 2.41. The maximum absolute atomic E-state index is 6.10. The zero-order valence-corrected chi connectivity index (χ0v) is 12.5. The van der Waals surface area contributed by atoms with Gasteiger partial charge in [-0.2, -0.15) is 0 Å². The Labute approximate surface area is 121 Å². The molecule has 0 saturated carbocycles. The summed E-state index contributed by atoms with van der Waals surface area (Å²) in [7, 11) is 0. The highest BCUT2D eigenvalue weighted by Gasteiger charge is 2.19. The number of nitrogens with one attached hydrogen (secondary N) is 1. The number of ether oxygens (including phenoxy) is 1. The minimum absolute atomic E-state index is 0.0687. The van der Waals surface area contributed by atoms with Crippen molar-refractivity contribution in [2.45, 2.75) is 32.9 Å². The third-order valence-corrected chi connectivity index (χ3v) is 3.36. The fraction of sp³-hybridized carbons (Fsp3) is 0.333. The third-order valence-electron chi connectivity index (χ3n) is 3.36. The molecule has 0 heterocycles. The Morgan fingerprint density at radius 2 is 1.80 bits per heavy atom. The molecule has 0 radical (unpaired) electrons. The molecular formula is C18H23NO. The van der Waals surface area contributed by atoms with Gasteiger partial charge in [0.25, 0.3) is 0 Å². The average Bonchev–Trinajstić information content (AvgIpc) is 2.45. The lowest BCUT2D eigenvalue weighted by atomic mass is 10.0. The number of rotatable bonds is 6. The summed E-state index contributed by atoms with van der Waals surface area (Å²) in [6.07, 6.45) is 0.0687. The van der Waals surface area contributed by atoms with Crippen molar-refractivity contribution in [3.05, 3.63) is 65.7 Å². The maximum atomic E-state index is 6.10. The van der Waals surface area contributed by atoms with Crippen molar-refractivity contribution in [2.24, 2.45) is 0 Å². The molecule has 106 valence electrons. The van der Waals surface area contributed by atoms with Crippen LogP contribution in [0.5, 0.6) is 5.75 Å². The van der Waals surface area contributed by atoms with E-state index in [2.05, 4.69) is 62.5 Å². The first kappa shape index (κ1) is 14.6. The molecule has 2 atom stereocenters. The molecule has 0 aliphatic rings. The second-order valence-corrected chi connectivity index (χ2v) is 5.09. The van der Waals surface area contributed by atoms with Crippen molar-refractivity contribution in [3.63, 3.8) is 0 Å².